The van der Waals surface area contributed by atoms with Crippen molar-refractivity contribution >= 4 is 27.5 Å². The molecule has 1 aromatic carbocycles. The van der Waals surface area contributed by atoms with Crippen LogP contribution in [-0.4, -0.2) is 32.5 Å². The number of hydrogen-bond acceptors (Lipinski definition) is 4. The van der Waals surface area contributed by atoms with E-state index in [-0.39, 0.29) is 0 Å². The number of thioether (sulfide) groups is 1. The Labute approximate surface area is 113 Å². The fourth-order valence-corrected chi connectivity index (χ4v) is 4.14. The van der Waals surface area contributed by atoms with Crippen LogP contribution >= 0.6 is 11.8 Å². The Morgan fingerprint density at radius 1 is 1.33 bits per heavy atom. The van der Waals surface area contributed by atoms with Crippen LogP contribution < -0.4 is 10.0 Å². The molecule has 1 saturated heterocycles. The van der Waals surface area contributed by atoms with Gasteiger partial charge in [-0.05, 0) is 31.4 Å². The van der Waals surface area contributed by atoms with Gasteiger partial charge in [-0.1, -0.05) is 19.1 Å². The van der Waals surface area contributed by atoms with Crippen LogP contribution in [0, 0.1) is 0 Å². The minimum absolute atomic E-state index is 0.316. The molecule has 1 fully saturated rings. The molecule has 2 rings (SSSR count). The molecule has 2 N–H and O–H groups in total. The predicted molar refractivity (Wildman–Crippen MR) is 76.6 cm³/mol. The number of nitrogens with one attached hydrogen (secondary N) is 2. The first kappa shape index (κ1) is 13.7. The third-order valence-electron chi connectivity index (χ3n) is 3.16. The average molecular weight is 286 g/mol. The van der Waals surface area contributed by atoms with E-state index in [1.54, 1.807) is 12.1 Å². The lowest BCUT2D eigenvalue weighted by Crippen LogP contribution is -2.27. The average Bonchev–Trinajstić information content (AvgIpc) is 2.76. The third-order valence-corrected chi connectivity index (χ3v) is 5.96. The third kappa shape index (κ3) is 2.81. The van der Waals surface area contributed by atoms with Crippen LogP contribution in [0.5, 0.6) is 0 Å². The van der Waals surface area contributed by atoms with E-state index in [2.05, 4.69) is 17.0 Å². The first-order valence-electron chi connectivity index (χ1n) is 5.95. The molecule has 0 amide bonds. The predicted octanol–water partition coefficient (Wildman–Crippen LogP) is 1.90. The summed E-state index contributed by atoms with van der Waals surface area (Å²) < 4.78 is 26.2. The highest BCUT2D eigenvalue weighted by Gasteiger charge is 2.25. The van der Waals surface area contributed by atoms with Crippen molar-refractivity contribution < 1.29 is 8.42 Å². The Morgan fingerprint density at radius 3 is 2.67 bits per heavy atom. The molecule has 0 aliphatic carbocycles. The summed E-state index contributed by atoms with van der Waals surface area (Å²) in [4.78, 5) is 0.316. The van der Waals surface area contributed by atoms with Crippen molar-refractivity contribution in [2.24, 2.45) is 0 Å². The van der Waals surface area contributed by atoms with Crippen molar-refractivity contribution in [2.45, 2.75) is 29.5 Å². The molecule has 1 aliphatic heterocycles. The zero-order valence-electron chi connectivity index (χ0n) is 10.5. The molecule has 2 atom stereocenters. The number of para-hydroxylation sites is 1. The Hall–Kier alpha value is -0.720. The van der Waals surface area contributed by atoms with Crippen LogP contribution in [0.2, 0.25) is 0 Å². The van der Waals surface area contributed by atoms with Crippen molar-refractivity contribution in [3.8, 4) is 0 Å². The molecule has 2 unspecified atom stereocenters. The van der Waals surface area contributed by atoms with E-state index in [0.29, 0.717) is 21.9 Å². The Bertz CT molecular complexity index is 517. The summed E-state index contributed by atoms with van der Waals surface area (Å²) in [7, 11) is -1.98. The zero-order chi connectivity index (χ0) is 13.2. The molecule has 1 aliphatic rings. The quantitative estimate of drug-likeness (QED) is 0.887. The van der Waals surface area contributed by atoms with E-state index in [1.165, 1.54) is 7.05 Å². The molecule has 100 valence electrons. The fraction of sp³-hybridized carbons (Fsp3) is 0.500. The lowest BCUT2D eigenvalue weighted by molar-refractivity contribution is 0.588. The highest BCUT2D eigenvalue weighted by molar-refractivity contribution is 8.00. The highest BCUT2D eigenvalue weighted by atomic mass is 32.2. The molecule has 4 nitrogen and oxygen atoms in total. The molecule has 18 heavy (non-hydrogen) atoms. The molecular formula is C12H18N2O2S2. The van der Waals surface area contributed by atoms with Crippen molar-refractivity contribution in [1.82, 2.24) is 4.72 Å². The first-order valence-corrected chi connectivity index (χ1v) is 8.48. The SMILES string of the molecule is CNS(=O)(=O)c1ccccc1NC1CCSC1C. The van der Waals surface area contributed by atoms with Crippen molar-refractivity contribution in [2.75, 3.05) is 18.1 Å². The molecule has 1 heterocycles. The first-order chi connectivity index (χ1) is 8.54. The van der Waals surface area contributed by atoms with E-state index in [1.807, 2.05) is 23.9 Å². The van der Waals surface area contributed by atoms with Gasteiger partial charge in [0.25, 0.3) is 0 Å². The second-order valence-corrected chi connectivity index (χ2v) is 7.66. The normalized spacial score (nSPS) is 24.1. The summed E-state index contributed by atoms with van der Waals surface area (Å²) in [5.74, 6) is 1.12. The molecule has 0 spiro atoms. The summed E-state index contributed by atoms with van der Waals surface area (Å²) in [6, 6.07) is 7.37. The van der Waals surface area contributed by atoms with Crippen LogP contribution in [0.15, 0.2) is 29.2 Å². The van der Waals surface area contributed by atoms with E-state index < -0.39 is 10.0 Å². The van der Waals surface area contributed by atoms with Gasteiger partial charge in [0.15, 0.2) is 0 Å². The Balaban J connectivity index is 2.28. The van der Waals surface area contributed by atoms with Gasteiger partial charge in [0.2, 0.25) is 10.0 Å². The number of sulfonamides is 1. The van der Waals surface area contributed by atoms with Gasteiger partial charge < -0.3 is 5.32 Å². The molecule has 0 radical (unpaired) electrons. The monoisotopic (exact) mass is 286 g/mol. The van der Waals surface area contributed by atoms with Crippen molar-refractivity contribution in [3.05, 3.63) is 24.3 Å². The Morgan fingerprint density at radius 2 is 2.06 bits per heavy atom. The van der Waals surface area contributed by atoms with Gasteiger partial charge in [-0.15, -0.1) is 0 Å². The number of anilines is 1. The fourth-order valence-electron chi connectivity index (χ4n) is 2.05. The summed E-state index contributed by atoms with van der Waals surface area (Å²) in [5.41, 5.74) is 0.686. The molecule has 0 aromatic heterocycles. The van der Waals surface area contributed by atoms with Gasteiger partial charge >= 0.3 is 0 Å². The largest absolute Gasteiger partial charge is 0.380 e. The summed E-state index contributed by atoms with van der Waals surface area (Å²) in [6.07, 6.45) is 1.07. The van der Waals surface area contributed by atoms with Gasteiger partial charge in [0.05, 0.1) is 5.69 Å². The zero-order valence-corrected chi connectivity index (χ0v) is 12.1. The van der Waals surface area contributed by atoms with Crippen LogP contribution in [0.1, 0.15) is 13.3 Å². The molecular weight excluding hydrogens is 268 g/mol. The second kappa shape index (κ2) is 5.50. The van der Waals surface area contributed by atoms with Gasteiger partial charge in [-0.2, -0.15) is 11.8 Å². The maximum Gasteiger partial charge on any atom is 0.242 e. The van der Waals surface area contributed by atoms with Crippen LogP contribution in [0.25, 0.3) is 0 Å². The van der Waals surface area contributed by atoms with Crippen molar-refractivity contribution in [1.29, 1.82) is 0 Å². The molecule has 0 bridgehead atoms. The van der Waals surface area contributed by atoms with E-state index >= 15 is 0 Å². The molecule has 6 heteroatoms. The van der Waals surface area contributed by atoms with E-state index in [0.717, 1.165) is 12.2 Å². The van der Waals surface area contributed by atoms with Crippen LogP contribution in [0.3, 0.4) is 0 Å². The second-order valence-electron chi connectivity index (χ2n) is 4.32. The lowest BCUT2D eigenvalue weighted by Gasteiger charge is -2.20. The summed E-state index contributed by atoms with van der Waals surface area (Å²) in [6.45, 7) is 2.17. The number of hydrogen-bond donors (Lipinski definition) is 2. The molecule has 1 aromatic rings. The topological polar surface area (TPSA) is 58.2 Å². The standard InChI is InChI=1S/C12H18N2O2S2/c1-9-10(7-8-17-9)14-11-5-3-4-6-12(11)18(15,16)13-2/h3-6,9-10,13-14H,7-8H2,1-2H3. The van der Waals surface area contributed by atoms with Crippen LogP contribution in [0.4, 0.5) is 5.69 Å². The minimum Gasteiger partial charge on any atom is -0.380 e. The van der Waals surface area contributed by atoms with E-state index in [4.69, 9.17) is 0 Å². The highest BCUT2D eigenvalue weighted by Crippen LogP contribution is 2.30. The number of rotatable bonds is 4. The van der Waals surface area contributed by atoms with Gasteiger partial charge in [-0.25, -0.2) is 13.1 Å². The lowest BCUT2D eigenvalue weighted by atomic mass is 10.1. The van der Waals surface area contributed by atoms with Gasteiger partial charge in [0, 0.05) is 11.3 Å². The summed E-state index contributed by atoms with van der Waals surface area (Å²) >= 11 is 1.92. The van der Waals surface area contributed by atoms with Crippen molar-refractivity contribution in [3.63, 3.8) is 0 Å². The maximum absolute atomic E-state index is 11.9. The van der Waals surface area contributed by atoms with Crippen LogP contribution in [-0.2, 0) is 10.0 Å². The summed E-state index contributed by atoms with van der Waals surface area (Å²) in [5, 5.41) is 3.87. The number of benzene rings is 1. The van der Waals surface area contributed by atoms with Gasteiger partial charge in [-0.3, -0.25) is 0 Å². The van der Waals surface area contributed by atoms with Gasteiger partial charge in [0.1, 0.15) is 4.90 Å². The smallest absolute Gasteiger partial charge is 0.242 e. The minimum atomic E-state index is -3.41. The van der Waals surface area contributed by atoms with E-state index in [9.17, 15) is 8.42 Å². The Kier molecular flexibility index (Phi) is 4.19. The maximum atomic E-state index is 11.9. The molecule has 0 saturated carbocycles.